The van der Waals surface area contributed by atoms with Crippen molar-refractivity contribution < 1.29 is 14.3 Å². The molecule has 0 N–H and O–H groups in total. The van der Waals surface area contributed by atoms with E-state index in [0.29, 0.717) is 6.42 Å². The summed E-state index contributed by atoms with van der Waals surface area (Å²) in [7, 11) is 1.39. The van der Waals surface area contributed by atoms with E-state index in [-0.39, 0.29) is 11.8 Å². The van der Waals surface area contributed by atoms with Crippen molar-refractivity contribution in [2.24, 2.45) is 0 Å². The van der Waals surface area contributed by atoms with E-state index in [1.165, 1.54) is 14.0 Å². The normalized spacial score (nSPS) is 10.3. The Morgan fingerprint density at radius 3 is 2.54 bits per heavy atom. The van der Waals surface area contributed by atoms with Gasteiger partial charge in [-0.25, -0.2) is 0 Å². The highest BCUT2D eigenvalue weighted by Crippen LogP contribution is 2.01. The van der Waals surface area contributed by atoms with E-state index in [1.807, 2.05) is 6.08 Å². The van der Waals surface area contributed by atoms with Crippen LogP contribution in [-0.4, -0.2) is 18.9 Å². The van der Waals surface area contributed by atoms with Crippen LogP contribution >= 0.6 is 0 Å². The quantitative estimate of drug-likeness (QED) is 0.359. The lowest BCUT2D eigenvalue weighted by Crippen LogP contribution is -1.98. The molecule has 13 heavy (non-hydrogen) atoms. The molecule has 3 nitrogen and oxygen atoms in total. The molecule has 0 aromatic carbocycles. The Kier molecular flexibility index (Phi) is 6.88. The van der Waals surface area contributed by atoms with E-state index in [9.17, 15) is 9.59 Å². The molecular formula is C10H16O3. The monoisotopic (exact) mass is 184 g/mol. The number of methoxy groups -OCH3 is 1. The van der Waals surface area contributed by atoms with Crippen LogP contribution in [-0.2, 0) is 14.3 Å². The Hall–Kier alpha value is -1.12. The summed E-state index contributed by atoms with van der Waals surface area (Å²) in [6.45, 7) is 1.52. The number of rotatable bonds is 6. The second-order valence-corrected chi connectivity index (χ2v) is 2.83. The number of unbranched alkanes of at least 4 members (excludes halogenated alkanes) is 2. The second-order valence-electron chi connectivity index (χ2n) is 2.83. The molecule has 0 amide bonds. The van der Waals surface area contributed by atoms with Crippen LogP contribution in [0.5, 0.6) is 0 Å². The topological polar surface area (TPSA) is 43.4 Å². The maximum absolute atomic E-state index is 10.7. The first-order chi connectivity index (χ1) is 6.16. The minimum atomic E-state index is -0.171. The standard InChI is InChI=1S/C10H16O3/c1-9(11)7-5-3-4-6-8-10(12)13-2/h5,7H,3-4,6,8H2,1-2H3/b7-5+. The van der Waals surface area contributed by atoms with E-state index in [2.05, 4.69) is 4.74 Å². The van der Waals surface area contributed by atoms with Gasteiger partial charge in [-0.1, -0.05) is 6.08 Å². The van der Waals surface area contributed by atoms with Crippen molar-refractivity contribution in [2.45, 2.75) is 32.6 Å². The zero-order valence-electron chi connectivity index (χ0n) is 8.21. The molecule has 0 saturated heterocycles. The molecule has 0 aromatic heterocycles. The van der Waals surface area contributed by atoms with Crippen LogP contribution in [0.3, 0.4) is 0 Å². The molecule has 74 valence electrons. The van der Waals surface area contributed by atoms with Crippen molar-refractivity contribution in [2.75, 3.05) is 7.11 Å². The Balaban J connectivity index is 3.26. The van der Waals surface area contributed by atoms with Crippen molar-refractivity contribution in [3.05, 3.63) is 12.2 Å². The summed E-state index contributed by atoms with van der Waals surface area (Å²) < 4.78 is 4.48. The van der Waals surface area contributed by atoms with Crippen molar-refractivity contribution in [3.63, 3.8) is 0 Å². The molecule has 0 atom stereocenters. The third-order valence-corrected chi connectivity index (χ3v) is 1.58. The fraction of sp³-hybridized carbons (Fsp3) is 0.600. The summed E-state index contributed by atoms with van der Waals surface area (Å²) in [6.07, 6.45) is 6.42. The fourth-order valence-corrected chi connectivity index (χ4v) is 0.883. The van der Waals surface area contributed by atoms with Crippen molar-refractivity contribution in [3.8, 4) is 0 Å². The van der Waals surface area contributed by atoms with Crippen LogP contribution in [0.1, 0.15) is 32.6 Å². The van der Waals surface area contributed by atoms with Gasteiger partial charge in [-0.05, 0) is 32.3 Å². The molecule has 0 spiro atoms. The molecule has 0 aliphatic heterocycles. The van der Waals surface area contributed by atoms with Crippen LogP contribution in [0.25, 0.3) is 0 Å². The average molecular weight is 184 g/mol. The molecule has 0 unspecified atom stereocenters. The Labute approximate surface area is 78.8 Å². The van der Waals surface area contributed by atoms with E-state index < -0.39 is 0 Å². The average Bonchev–Trinajstić information content (AvgIpc) is 2.10. The molecule has 0 heterocycles. The van der Waals surface area contributed by atoms with Gasteiger partial charge in [0.2, 0.25) is 0 Å². The van der Waals surface area contributed by atoms with Gasteiger partial charge in [-0.2, -0.15) is 0 Å². The lowest BCUT2D eigenvalue weighted by atomic mass is 10.2. The van der Waals surface area contributed by atoms with Gasteiger partial charge in [0, 0.05) is 6.42 Å². The van der Waals surface area contributed by atoms with Crippen LogP contribution in [0.4, 0.5) is 0 Å². The van der Waals surface area contributed by atoms with Gasteiger partial charge in [-0.3, -0.25) is 9.59 Å². The number of carbonyl (C=O) groups excluding carboxylic acids is 2. The van der Waals surface area contributed by atoms with E-state index in [0.717, 1.165) is 19.3 Å². The van der Waals surface area contributed by atoms with Crippen LogP contribution in [0.2, 0.25) is 0 Å². The highest BCUT2D eigenvalue weighted by molar-refractivity contribution is 5.87. The molecule has 0 bridgehead atoms. The summed E-state index contributed by atoms with van der Waals surface area (Å²) in [5.74, 6) is -0.108. The van der Waals surface area contributed by atoms with Gasteiger partial charge < -0.3 is 4.74 Å². The third kappa shape index (κ3) is 8.79. The van der Waals surface area contributed by atoms with Gasteiger partial charge in [0.15, 0.2) is 5.78 Å². The van der Waals surface area contributed by atoms with Gasteiger partial charge in [0.25, 0.3) is 0 Å². The van der Waals surface area contributed by atoms with Crippen molar-refractivity contribution >= 4 is 11.8 Å². The summed E-state index contributed by atoms with van der Waals surface area (Å²) in [6, 6.07) is 0. The highest BCUT2D eigenvalue weighted by atomic mass is 16.5. The first-order valence-electron chi connectivity index (χ1n) is 4.40. The Morgan fingerprint density at radius 1 is 1.31 bits per heavy atom. The van der Waals surface area contributed by atoms with Gasteiger partial charge in [0.05, 0.1) is 7.11 Å². The zero-order valence-corrected chi connectivity index (χ0v) is 8.21. The van der Waals surface area contributed by atoms with Gasteiger partial charge in [0.1, 0.15) is 0 Å². The van der Waals surface area contributed by atoms with Crippen LogP contribution < -0.4 is 0 Å². The van der Waals surface area contributed by atoms with Crippen LogP contribution in [0.15, 0.2) is 12.2 Å². The molecule has 0 rings (SSSR count). The zero-order chi connectivity index (χ0) is 10.1. The molecule has 0 fully saturated rings. The lowest BCUT2D eigenvalue weighted by Gasteiger charge is -1.96. The molecule has 0 radical (unpaired) electrons. The molecule has 0 aromatic rings. The number of hydrogen-bond donors (Lipinski definition) is 0. The van der Waals surface area contributed by atoms with Crippen molar-refractivity contribution in [1.82, 2.24) is 0 Å². The SMILES string of the molecule is COC(=O)CCCC/C=C/C(C)=O. The number of allylic oxidation sites excluding steroid dienone is 2. The summed E-state index contributed by atoms with van der Waals surface area (Å²) in [4.78, 5) is 21.1. The van der Waals surface area contributed by atoms with Gasteiger partial charge in [-0.15, -0.1) is 0 Å². The maximum atomic E-state index is 10.7. The first kappa shape index (κ1) is 11.9. The lowest BCUT2D eigenvalue weighted by molar-refractivity contribution is -0.140. The van der Waals surface area contributed by atoms with Crippen molar-refractivity contribution in [1.29, 1.82) is 0 Å². The highest BCUT2D eigenvalue weighted by Gasteiger charge is 1.97. The molecule has 0 aliphatic rings. The Morgan fingerprint density at radius 2 is 2.00 bits per heavy atom. The summed E-state index contributed by atoms with van der Waals surface area (Å²) in [5.41, 5.74) is 0. The smallest absolute Gasteiger partial charge is 0.305 e. The number of hydrogen-bond acceptors (Lipinski definition) is 3. The largest absolute Gasteiger partial charge is 0.469 e. The molecule has 3 heteroatoms. The molecule has 0 saturated carbocycles. The maximum Gasteiger partial charge on any atom is 0.305 e. The third-order valence-electron chi connectivity index (χ3n) is 1.58. The molecular weight excluding hydrogens is 168 g/mol. The fourth-order valence-electron chi connectivity index (χ4n) is 0.883. The van der Waals surface area contributed by atoms with Gasteiger partial charge >= 0.3 is 5.97 Å². The predicted molar refractivity (Wildman–Crippen MR) is 50.3 cm³/mol. The Bertz CT molecular complexity index is 194. The summed E-state index contributed by atoms with van der Waals surface area (Å²) in [5, 5.41) is 0. The first-order valence-corrected chi connectivity index (χ1v) is 4.40. The van der Waals surface area contributed by atoms with E-state index in [1.54, 1.807) is 6.08 Å². The number of ether oxygens (including phenoxy) is 1. The second kappa shape index (κ2) is 7.53. The number of esters is 1. The number of carbonyl (C=O) groups is 2. The minimum Gasteiger partial charge on any atom is -0.469 e. The summed E-state index contributed by atoms with van der Waals surface area (Å²) >= 11 is 0. The number of ketones is 1. The van der Waals surface area contributed by atoms with E-state index in [4.69, 9.17) is 0 Å². The predicted octanol–water partition coefficient (Wildman–Crippen LogP) is 1.86. The van der Waals surface area contributed by atoms with E-state index >= 15 is 0 Å². The minimum absolute atomic E-state index is 0.0629. The molecule has 0 aliphatic carbocycles. The van der Waals surface area contributed by atoms with Crippen LogP contribution in [0, 0.1) is 0 Å².